The lowest BCUT2D eigenvalue weighted by molar-refractivity contribution is -0.117. The average molecular weight is 287 g/mol. The molecule has 1 atom stereocenters. The van der Waals surface area contributed by atoms with Gasteiger partial charge >= 0.3 is 5.69 Å². The minimum Gasteiger partial charge on any atom is -0.325 e. The van der Waals surface area contributed by atoms with Crippen molar-refractivity contribution in [3.8, 4) is 5.69 Å². The van der Waals surface area contributed by atoms with E-state index >= 15 is 0 Å². The summed E-state index contributed by atoms with van der Waals surface area (Å²) in [6.07, 6.45) is 3.36. The maximum atomic E-state index is 12.0. The van der Waals surface area contributed by atoms with E-state index in [0.29, 0.717) is 11.4 Å². The first-order valence-electron chi connectivity index (χ1n) is 6.90. The molecule has 0 saturated carbocycles. The lowest BCUT2D eigenvalue weighted by atomic mass is 10.2. The Balaban J connectivity index is 1.73. The van der Waals surface area contributed by atoms with Gasteiger partial charge in [-0.15, -0.1) is 0 Å². The number of amides is 1. The molecule has 0 radical (unpaired) electrons. The van der Waals surface area contributed by atoms with Gasteiger partial charge in [-0.1, -0.05) is 0 Å². The summed E-state index contributed by atoms with van der Waals surface area (Å²) in [6.45, 7) is 0.889. The number of carbonyl (C=O) groups excluding carboxylic acids is 1. The number of rotatable bonds is 3. The van der Waals surface area contributed by atoms with E-state index in [1.54, 1.807) is 31.3 Å². The molecular weight excluding hydrogens is 270 g/mol. The smallest absolute Gasteiger partial charge is 0.325 e. The molecule has 7 nitrogen and oxygen atoms in total. The van der Waals surface area contributed by atoms with Crippen LogP contribution in [0.1, 0.15) is 12.8 Å². The van der Waals surface area contributed by atoms with Gasteiger partial charge in [-0.2, -0.15) is 9.78 Å². The highest BCUT2D eigenvalue weighted by Crippen LogP contribution is 2.13. The van der Waals surface area contributed by atoms with Crippen LogP contribution in [-0.4, -0.2) is 32.8 Å². The van der Waals surface area contributed by atoms with E-state index in [-0.39, 0.29) is 17.6 Å². The van der Waals surface area contributed by atoms with Crippen molar-refractivity contribution >= 4 is 11.6 Å². The summed E-state index contributed by atoms with van der Waals surface area (Å²) >= 11 is 0. The quantitative estimate of drug-likeness (QED) is 0.848. The molecule has 1 saturated heterocycles. The molecule has 0 spiro atoms. The lowest BCUT2D eigenvalue weighted by Crippen LogP contribution is -2.35. The minimum absolute atomic E-state index is 0.0183. The number of nitrogens with zero attached hydrogens (tertiary/aromatic N) is 3. The molecule has 1 aromatic heterocycles. The third-order valence-electron chi connectivity index (χ3n) is 3.58. The normalized spacial score (nSPS) is 17.9. The van der Waals surface area contributed by atoms with Crippen LogP contribution in [0.4, 0.5) is 5.69 Å². The van der Waals surface area contributed by atoms with Gasteiger partial charge in [-0.05, 0) is 43.7 Å². The Kier molecular flexibility index (Phi) is 3.57. The van der Waals surface area contributed by atoms with Crippen LogP contribution in [0.25, 0.3) is 5.69 Å². The molecule has 1 aromatic carbocycles. The van der Waals surface area contributed by atoms with E-state index in [2.05, 4.69) is 15.7 Å². The first-order chi connectivity index (χ1) is 10.1. The molecule has 7 heteroatoms. The van der Waals surface area contributed by atoms with Crippen molar-refractivity contribution in [1.29, 1.82) is 0 Å². The largest absolute Gasteiger partial charge is 0.350 e. The van der Waals surface area contributed by atoms with E-state index in [1.807, 2.05) is 0 Å². The number of aryl methyl sites for hydroxylation is 1. The van der Waals surface area contributed by atoms with Gasteiger partial charge in [-0.25, -0.2) is 4.79 Å². The second kappa shape index (κ2) is 5.53. The van der Waals surface area contributed by atoms with Gasteiger partial charge in [0, 0.05) is 12.7 Å². The summed E-state index contributed by atoms with van der Waals surface area (Å²) in [5.41, 5.74) is 1.17. The monoisotopic (exact) mass is 287 g/mol. The summed E-state index contributed by atoms with van der Waals surface area (Å²) in [5, 5.41) is 10.0. The number of carbonyl (C=O) groups is 1. The fourth-order valence-corrected chi connectivity index (χ4v) is 2.38. The van der Waals surface area contributed by atoms with Gasteiger partial charge in [0.2, 0.25) is 5.91 Å². The number of anilines is 1. The first kappa shape index (κ1) is 13.6. The number of hydrogen-bond donors (Lipinski definition) is 2. The van der Waals surface area contributed by atoms with Crippen LogP contribution < -0.4 is 16.3 Å². The molecule has 1 aliphatic heterocycles. The Labute approximate surface area is 121 Å². The molecule has 110 valence electrons. The van der Waals surface area contributed by atoms with E-state index in [0.717, 1.165) is 19.4 Å². The van der Waals surface area contributed by atoms with Crippen LogP contribution in [0, 0.1) is 0 Å². The number of hydrogen-bond acceptors (Lipinski definition) is 4. The molecule has 0 bridgehead atoms. The molecule has 1 amide bonds. The average Bonchev–Trinajstić information content (AvgIpc) is 3.12. The maximum absolute atomic E-state index is 12.0. The third-order valence-corrected chi connectivity index (χ3v) is 3.58. The molecule has 1 aliphatic rings. The van der Waals surface area contributed by atoms with Crippen molar-refractivity contribution in [2.75, 3.05) is 11.9 Å². The summed E-state index contributed by atoms with van der Waals surface area (Å²) in [6, 6.07) is 6.94. The predicted molar refractivity (Wildman–Crippen MR) is 78.5 cm³/mol. The van der Waals surface area contributed by atoms with Crippen molar-refractivity contribution < 1.29 is 4.79 Å². The zero-order valence-electron chi connectivity index (χ0n) is 11.7. The van der Waals surface area contributed by atoms with Gasteiger partial charge in [0.1, 0.15) is 6.33 Å². The predicted octanol–water partition coefficient (Wildman–Crippen LogP) is 0.261. The molecule has 1 fully saturated rings. The SMILES string of the molecule is Cn1cnn(-c2ccc(NC(=O)C3CCCN3)cc2)c1=O. The van der Waals surface area contributed by atoms with E-state index in [1.165, 1.54) is 15.6 Å². The van der Waals surface area contributed by atoms with Crippen molar-refractivity contribution in [1.82, 2.24) is 19.7 Å². The maximum Gasteiger partial charge on any atom is 0.350 e. The highest BCUT2D eigenvalue weighted by atomic mass is 16.2. The van der Waals surface area contributed by atoms with Crippen molar-refractivity contribution in [3.63, 3.8) is 0 Å². The van der Waals surface area contributed by atoms with Gasteiger partial charge < -0.3 is 10.6 Å². The van der Waals surface area contributed by atoms with Crippen LogP contribution in [0.2, 0.25) is 0 Å². The molecular formula is C14H17N5O2. The standard InChI is InChI=1S/C14H17N5O2/c1-18-9-16-19(14(18)21)11-6-4-10(5-7-11)17-13(20)12-3-2-8-15-12/h4-7,9,12,15H,2-3,8H2,1H3,(H,17,20). The summed E-state index contributed by atoms with van der Waals surface area (Å²) in [5.74, 6) is -0.0183. The third kappa shape index (κ3) is 2.73. The molecule has 0 aliphatic carbocycles. The molecule has 2 aromatic rings. The number of benzene rings is 1. The molecule has 3 rings (SSSR count). The Hall–Kier alpha value is -2.41. The molecule has 21 heavy (non-hydrogen) atoms. The second-order valence-corrected chi connectivity index (χ2v) is 5.12. The fraction of sp³-hybridized carbons (Fsp3) is 0.357. The zero-order chi connectivity index (χ0) is 14.8. The summed E-state index contributed by atoms with van der Waals surface area (Å²) < 4.78 is 2.71. The number of aromatic nitrogens is 3. The highest BCUT2D eigenvalue weighted by molar-refractivity contribution is 5.95. The van der Waals surface area contributed by atoms with Crippen LogP contribution in [0.5, 0.6) is 0 Å². The van der Waals surface area contributed by atoms with Crippen LogP contribution in [-0.2, 0) is 11.8 Å². The molecule has 1 unspecified atom stereocenters. The van der Waals surface area contributed by atoms with Crippen molar-refractivity contribution in [2.24, 2.45) is 7.05 Å². The zero-order valence-corrected chi connectivity index (χ0v) is 11.7. The van der Waals surface area contributed by atoms with Crippen molar-refractivity contribution in [2.45, 2.75) is 18.9 Å². The Bertz CT molecular complexity index is 695. The number of nitrogens with one attached hydrogen (secondary N) is 2. The van der Waals surface area contributed by atoms with E-state index in [9.17, 15) is 9.59 Å². The lowest BCUT2D eigenvalue weighted by Gasteiger charge is -2.11. The van der Waals surface area contributed by atoms with Crippen LogP contribution in [0.15, 0.2) is 35.4 Å². The van der Waals surface area contributed by atoms with E-state index < -0.39 is 0 Å². The summed E-state index contributed by atoms with van der Waals surface area (Å²) in [4.78, 5) is 23.8. The first-order valence-corrected chi connectivity index (χ1v) is 6.90. The fourth-order valence-electron chi connectivity index (χ4n) is 2.38. The van der Waals surface area contributed by atoms with Gasteiger partial charge in [-0.3, -0.25) is 9.36 Å². The second-order valence-electron chi connectivity index (χ2n) is 5.12. The highest BCUT2D eigenvalue weighted by Gasteiger charge is 2.21. The van der Waals surface area contributed by atoms with E-state index in [4.69, 9.17) is 0 Å². The van der Waals surface area contributed by atoms with Gasteiger partial charge in [0.25, 0.3) is 0 Å². The van der Waals surface area contributed by atoms with Gasteiger partial charge in [0.15, 0.2) is 0 Å². The van der Waals surface area contributed by atoms with Crippen LogP contribution >= 0.6 is 0 Å². The Morgan fingerprint density at radius 2 is 2.14 bits per heavy atom. The topological polar surface area (TPSA) is 81.0 Å². The minimum atomic E-state index is -0.207. The summed E-state index contributed by atoms with van der Waals surface area (Å²) in [7, 11) is 1.65. The molecule has 2 N–H and O–H groups in total. The van der Waals surface area contributed by atoms with Crippen LogP contribution in [0.3, 0.4) is 0 Å². The Morgan fingerprint density at radius 3 is 2.71 bits per heavy atom. The van der Waals surface area contributed by atoms with Crippen molar-refractivity contribution in [3.05, 3.63) is 41.1 Å². The molecule has 2 heterocycles. The van der Waals surface area contributed by atoms with Gasteiger partial charge in [0.05, 0.1) is 11.7 Å². The Morgan fingerprint density at radius 1 is 1.38 bits per heavy atom.